The zero-order valence-electron chi connectivity index (χ0n) is 11.4. The second-order valence-electron chi connectivity index (χ2n) is 4.90. The van der Waals surface area contributed by atoms with Gasteiger partial charge in [-0.25, -0.2) is 0 Å². The summed E-state index contributed by atoms with van der Waals surface area (Å²) in [5.74, 6) is 0.864. The maximum Gasteiger partial charge on any atom is 0.134 e. The van der Waals surface area contributed by atoms with Crippen molar-refractivity contribution in [1.82, 2.24) is 0 Å². The number of ether oxygens (including phenoxy) is 1. The molecule has 3 rings (SSSR count). The smallest absolute Gasteiger partial charge is 0.134 e. The molecule has 20 heavy (non-hydrogen) atoms. The molecule has 3 nitrogen and oxygen atoms in total. The van der Waals surface area contributed by atoms with Crippen molar-refractivity contribution in [3.8, 4) is 5.75 Å². The molecule has 0 aliphatic heterocycles. The second kappa shape index (κ2) is 5.39. The molecule has 2 aromatic carbocycles. The second-order valence-corrected chi connectivity index (χ2v) is 4.90. The molecule has 0 saturated heterocycles. The van der Waals surface area contributed by atoms with Gasteiger partial charge in [0, 0.05) is 17.5 Å². The highest BCUT2D eigenvalue weighted by Crippen LogP contribution is 2.24. The maximum atomic E-state index is 5.79. The quantitative estimate of drug-likeness (QED) is 0.782. The number of hydrogen-bond acceptors (Lipinski definition) is 3. The Morgan fingerprint density at radius 3 is 2.65 bits per heavy atom. The first-order chi connectivity index (χ1) is 9.76. The minimum absolute atomic E-state index is 0.498. The fourth-order valence-corrected chi connectivity index (χ4v) is 2.16. The Kier molecular flexibility index (Phi) is 3.44. The summed E-state index contributed by atoms with van der Waals surface area (Å²) in [6.45, 7) is 3.08. The Morgan fingerprint density at radius 1 is 1.10 bits per heavy atom. The molecule has 3 aromatic rings. The van der Waals surface area contributed by atoms with E-state index in [9.17, 15) is 0 Å². The lowest BCUT2D eigenvalue weighted by Crippen LogP contribution is -1.96. The van der Waals surface area contributed by atoms with Crippen LogP contribution in [0.3, 0.4) is 0 Å². The highest BCUT2D eigenvalue weighted by Gasteiger charge is 2.07. The minimum Gasteiger partial charge on any atom is -0.489 e. The topological polar surface area (TPSA) is 48.4 Å². The molecule has 0 atom stereocenters. The van der Waals surface area contributed by atoms with Crippen molar-refractivity contribution in [2.75, 3.05) is 0 Å². The first-order valence-corrected chi connectivity index (χ1v) is 6.65. The predicted octanol–water partition coefficient (Wildman–Crippen LogP) is 3.78. The molecule has 0 saturated carbocycles. The van der Waals surface area contributed by atoms with E-state index in [-0.39, 0.29) is 0 Å². The largest absolute Gasteiger partial charge is 0.489 e. The fourth-order valence-electron chi connectivity index (χ4n) is 2.16. The van der Waals surface area contributed by atoms with Gasteiger partial charge >= 0.3 is 0 Å². The molecule has 0 unspecified atom stereocenters. The summed E-state index contributed by atoms with van der Waals surface area (Å²) in [5.41, 5.74) is 9.82. The molecule has 102 valence electrons. The molecule has 0 radical (unpaired) electrons. The van der Waals surface area contributed by atoms with Crippen LogP contribution in [0.5, 0.6) is 5.75 Å². The van der Waals surface area contributed by atoms with Crippen LogP contribution < -0.4 is 10.5 Å². The third-order valence-corrected chi connectivity index (χ3v) is 3.37. The van der Waals surface area contributed by atoms with E-state index in [1.165, 1.54) is 5.56 Å². The summed E-state index contributed by atoms with van der Waals surface area (Å²) in [5, 5.41) is 1.08. The van der Waals surface area contributed by atoms with Gasteiger partial charge in [0.15, 0.2) is 0 Å². The van der Waals surface area contributed by atoms with Crippen molar-refractivity contribution in [3.05, 3.63) is 65.4 Å². The zero-order valence-corrected chi connectivity index (χ0v) is 11.4. The van der Waals surface area contributed by atoms with Crippen molar-refractivity contribution in [2.24, 2.45) is 5.73 Å². The van der Waals surface area contributed by atoms with Crippen LogP contribution in [0, 0.1) is 6.92 Å². The first kappa shape index (κ1) is 12.8. The van der Waals surface area contributed by atoms with Crippen LogP contribution in [0.2, 0.25) is 0 Å². The molecule has 0 fully saturated rings. The molecule has 2 N–H and O–H groups in total. The van der Waals surface area contributed by atoms with E-state index in [1.807, 2.05) is 42.5 Å². The number of benzene rings is 2. The van der Waals surface area contributed by atoms with Gasteiger partial charge in [0.2, 0.25) is 0 Å². The minimum atomic E-state index is 0.498. The Morgan fingerprint density at radius 2 is 1.90 bits per heavy atom. The lowest BCUT2D eigenvalue weighted by Gasteiger charge is -2.05. The lowest BCUT2D eigenvalue weighted by molar-refractivity contribution is 0.306. The third-order valence-electron chi connectivity index (χ3n) is 3.37. The summed E-state index contributed by atoms with van der Waals surface area (Å²) >= 11 is 0. The van der Waals surface area contributed by atoms with Gasteiger partial charge in [-0.05, 0) is 30.7 Å². The molecule has 0 aliphatic carbocycles. The summed E-state index contributed by atoms with van der Waals surface area (Å²) < 4.78 is 11.3. The normalized spacial score (nSPS) is 10.9. The van der Waals surface area contributed by atoms with Gasteiger partial charge in [-0.1, -0.05) is 29.8 Å². The number of aryl methyl sites for hydroxylation is 1. The summed E-state index contributed by atoms with van der Waals surface area (Å²) in [7, 11) is 0. The maximum absolute atomic E-state index is 5.79. The molecular weight excluding hydrogens is 250 g/mol. The van der Waals surface area contributed by atoms with Crippen LogP contribution in [0.15, 0.2) is 53.1 Å². The summed E-state index contributed by atoms with van der Waals surface area (Å²) in [6, 6.07) is 14.1. The molecule has 1 aromatic heterocycles. The van der Waals surface area contributed by atoms with Gasteiger partial charge < -0.3 is 14.9 Å². The van der Waals surface area contributed by atoms with Crippen LogP contribution >= 0.6 is 0 Å². The van der Waals surface area contributed by atoms with Gasteiger partial charge in [-0.15, -0.1) is 0 Å². The van der Waals surface area contributed by atoms with Crippen LogP contribution in [0.4, 0.5) is 0 Å². The average molecular weight is 267 g/mol. The Balaban J connectivity index is 1.79. The Hall–Kier alpha value is -2.26. The number of fused-ring (bicyclic) bond motifs is 1. The monoisotopic (exact) mass is 267 g/mol. The Labute approximate surface area is 118 Å². The van der Waals surface area contributed by atoms with Crippen LogP contribution in [-0.4, -0.2) is 0 Å². The summed E-state index contributed by atoms with van der Waals surface area (Å²) in [4.78, 5) is 0. The molecule has 1 heterocycles. The third kappa shape index (κ3) is 2.53. The SMILES string of the molecule is Cc1ccc(OCc2coc3cc(CN)ccc23)cc1. The van der Waals surface area contributed by atoms with E-state index < -0.39 is 0 Å². The molecule has 0 spiro atoms. The van der Waals surface area contributed by atoms with E-state index in [2.05, 4.69) is 6.92 Å². The summed E-state index contributed by atoms with van der Waals surface area (Å²) in [6.07, 6.45) is 1.75. The number of nitrogens with two attached hydrogens (primary N) is 1. The number of hydrogen-bond donors (Lipinski definition) is 1. The predicted molar refractivity (Wildman–Crippen MR) is 79.6 cm³/mol. The van der Waals surface area contributed by atoms with Gasteiger partial charge in [-0.2, -0.15) is 0 Å². The lowest BCUT2D eigenvalue weighted by atomic mass is 10.1. The van der Waals surface area contributed by atoms with E-state index >= 15 is 0 Å². The first-order valence-electron chi connectivity index (χ1n) is 6.65. The molecule has 0 bridgehead atoms. The molecular formula is C17H17NO2. The van der Waals surface area contributed by atoms with Crippen LogP contribution in [0.25, 0.3) is 11.0 Å². The van der Waals surface area contributed by atoms with Gasteiger partial charge in [0.1, 0.15) is 17.9 Å². The standard InChI is InChI=1S/C17H17NO2/c1-12-2-5-15(6-3-12)19-10-14-11-20-17-8-13(9-18)4-7-16(14)17/h2-8,11H,9-10,18H2,1H3. The molecule has 3 heteroatoms. The molecule has 0 aliphatic rings. The van der Waals surface area contributed by atoms with E-state index in [1.54, 1.807) is 6.26 Å². The Bertz CT molecular complexity index is 713. The van der Waals surface area contributed by atoms with Gasteiger partial charge in [0.05, 0.1) is 6.26 Å². The number of furan rings is 1. The van der Waals surface area contributed by atoms with Crippen molar-refractivity contribution in [3.63, 3.8) is 0 Å². The van der Waals surface area contributed by atoms with Crippen molar-refractivity contribution in [1.29, 1.82) is 0 Å². The molecule has 0 amide bonds. The van der Waals surface area contributed by atoms with E-state index in [4.69, 9.17) is 14.9 Å². The van der Waals surface area contributed by atoms with Crippen LogP contribution in [0.1, 0.15) is 16.7 Å². The fraction of sp³-hybridized carbons (Fsp3) is 0.176. The van der Waals surface area contributed by atoms with E-state index in [0.29, 0.717) is 13.2 Å². The van der Waals surface area contributed by atoms with Crippen molar-refractivity contribution >= 4 is 11.0 Å². The van der Waals surface area contributed by atoms with Crippen LogP contribution in [-0.2, 0) is 13.2 Å². The van der Waals surface area contributed by atoms with Crippen molar-refractivity contribution < 1.29 is 9.15 Å². The zero-order chi connectivity index (χ0) is 13.9. The van der Waals surface area contributed by atoms with Gasteiger partial charge in [0.25, 0.3) is 0 Å². The highest BCUT2D eigenvalue weighted by molar-refractivity contribution is 5.81. The van der Waals surface area contributed by atoms with Crippen molar-refractivity contribution in [2.45, 2.75) is 20.1 Å². The van der Waals surface area contributed by atoms with Gasteiger partial charge in [-0.3, -0.25) is 0 Å². The number of rotatable bonds is 4. The van der Waals surface area contributed by atoms with E-state index in [0.717, 1.165) is 27.8 Å². The highest BCUT2D eigenvalue weighted by atomic mass is 16.5. The average Bonchev–Trinajstić information content (AvgIpc) is 2.89.